The van der Waals surface area contributed by atoms with E-state index in [1.54, 1.807) is 24.5 Å². The zero-order chi connectivity index (χ0) is 26.7. The van der Waals surface area contributed by atoms with Crippen LogP contribution >= 0.6 is 11.6 Å². The molecule has 7 nitrogen and oxygen atoms in total. The second-order valence-electron chi connectivity index (χ2n) is 9.91. The van der Waals surface area contributed by atoms with Crippen LogP contribution in [0.5, 0.6) is 5.75 Å². The third-order valence-electron chi connectivity index (χ3n) is 7.48. The number of nitrogens with one attached hydrogen (secondary N) is 1. The molecule has 2 fully saturated rings. The highest BCUT2D eigenvalue weighted by Crippen LogP contribution is 2.31. The number of aromatic amines is 1. The van der Waals surface area contributed by atoms with Crippen LogP contribution in [0.4, 0.5) is 19.0 Å². The van der Waals surface area contributed by atoms with E-state index in [4.69, 9.17) is 11.6 Å². The Labute approximate surface area is 225 Å². The van der Waals surface area contributed by atoms with Crippen LogP contribution in [0.2, 0.25) is 5.02 Å². The number of imidazole rings is 1. The summed E-state index contributed by atoms with van der Waals surface area (Å²) in [6.45, 7) is 7.60. The first-order valence-electron chi connectivity index (χ1n) is 13.0. The van der Waals surface area contributed by atoms with E-state index < -0.39 is 6.36 Å². The fourth-order valence-corrected chi connectivity index (χ4v) is 5.87. The SMILES string of the molecule is CC[C@H]1CN(c2ncc(-c3ncc[nH]3)cc2Cl)CCN1C1CCN(Cc2ccc(OC(F)(F)F)cc2)CC1. The molecule has 5 rings (SSSR count). The number of halogens is 4. The number of anilines is 1. The van der Waals surface area contributed by atoms with Crippen molar-refractivity contribution in [3.63, 3.8) is 0 Å². The Morgan fingerprint density at radius 1 is 1.08 bits per heavy atom. The van der Waals surface area contributed by atoms with Crippen LogP contribution in [-0.2, 0) is 6.54 Å². The molecule has 1 aromatic carbocycles. The highest BCUT2D eigenvalue weighted by atomic mass is 35.5. The molecule has 1 N–H and O–H groups in total. The number of likely N-dealkylation sites (tertiary alicyclic amines) is 1. The molecule has 204 valence electrons. The summed E-state index contributed by atoms with van der Waals surface area (Å²) in [7, 11) is 0. The van der Waals surface area contributed by atoms with Crippen molar-refractivity contribution in [2.45, 2.75) is 51.2 Å². The van der Waals surface area contributed by atoms with Gasteiger partial charge in [-0.05, 0) is 56.1 Å². The molecular formula is C27H32ClF3N6O. The Balaban J connectivity index is 1.14. The molecule has 38 heavy (non-hydrogen) atoms. The lowest BCUT2D eigenvalue weighted by Gasteiger charge is -2.47. The predicted octanol–water partition coefficient (Wildman–Crippen LogP) is 5.59. The van der Waals surface area contributed by atoms with Crippen LogP contribution in [0, 0.1) is 0 Å². The zero-order valence-electron chi connectivity index (χ0n) is 21.3. The Hall–Kier alpha value is -2.82. The summed E-state index contributed by atoms with van der Waals surface area (Å²) in [6, 6.07) is 9.04. The van der Waals surface area contributed by atoms with E-state index in [0.29, 0.717) is 17.1 Å². The molecule has 2 aliphatic heterocycles. The number of H-pyrrole nitrogens is 1. The molecule has 0 saturated carbocycles. The Morgan fingerprint density at radius 2 is 1.84 bits per heavy atom. The topological polar surface area (TPSA) is 60.5 Å². The van der Waals surface area contributed by atoms with Crippen molar-refractivity contribution in [1.82, 2.24) is 24.8 Å². The van der Waals surface area contributed by atoms with Crippen LogP contribution in [0.15, 0.2) is 48.9 Å². The van der Waals surface area contributed by atoms with Crippen LogP contribution in [-0.4, -0.2) is 75.9 Å². The summed E-state index contributed by atoms with van der Waals surface area (Å²) in [6.07, 6.45) is 3.83. The third-order valence-corrected chi connectivity index (χ3v) is 7.76. The normalized spacial score (nSPS) is 20.1. The van der Waals surface area contributed by atoms with Crippen LogP contribution < -0.4 is 9.64 Å². The number of hydrogen-bond acceptors (Lipinski definition) is 6. The van der Waals surface area contributed by atoms with E-state index >= 15 is 0 Å². The molecule has 2 aliphatic rings. The maximum absolute atomic E-state index is 12.4. The summed E-state index contributed by atoms with van der Waals surface area (Å²) in [5, 5.41) is 0.633. The average Bonchev–Trinajstić information content (AvgIpc) is 3.44. The lowest BCUT2D eigenvalue weighted by Crippen LogP contribution is -2.58. The molecule has 0 bridgehead atoms. The van der Waals surface area contributed by atoms with E-state index in [1.807, 2.05) is 12.3 Å². The van der Waals surface area contributed by atoms with Gasteiger partial charge in [-0.1, -0.05) is 30.7 Å². The standard InChI is InChI=1S/C27H32ClF3N6O/c1-2-21-18-36(26-24(28)15-20(16-34-26)25-32-9-10-33-25)13-14-37(21)22-7-11-35(12-8-22)17-19-3-5-23(6-4-19)38-27(29,30)31/h3-6,9-10,15-16,21-22H,2,7-8,11-14,17-18H2,1H3,(H,32,33)/t21-/m0/s1. The number of aromatic nitrogens is 3. The van der Waals surface area contributed by atoms with Gasteiger partial charge in [0.15, 0.2) is 0 Å². The number of pyridine rings is 1. The van der Waals surface area contributed by atoms with Crippen molar-refractivity contribution in [2.24, 2.45) is 0 Å². The van der Waals surface area contributed by atoms with Crippen molar-refractivity contribution >= 4 is 17.4 Å². The van der Waals surface area contributed by atoms with Gasteiger partial charge in [0.05, 0.1) is 5.02 Å². The Kier molecular flexibility index (Phi) is 8.11. The molecular weight excluding hydrogens is 517 g/mol. The van der Waals surface area contributed by atoms with E-state index in [-0.39, 0.29) is 5.75 Å². The Morgan fingerprint density at radius 3 is 2.47 bits per heavy atom. The van der Waals surface area contributed by atoms with Gasteiger partial charge < -0.3 is 14.6 Å². The molecule has 1 atom stereocenters. The van der Waals surface area contributed by atoms with Crippen LogP contribution in [0.25, 0.3) is 11.4 Å². The Bertz CT molecular complexity index is 1180. The maximum atomic E-state index is 12.4. The smallest absolute Gasteiger partial charge is 0.406 e. The van der Waals surface area contributed by atoms with Crippen molar-refractivity contribution < 1.29 is 17.9 Å². The van der Waals surface area contributed by atoms with E-state index in [2.05, 4.69) is 41.3 Å². The summed E-state index contributed by atoms with van der Waals surface area (Å²) in [5.74, 6) is 1.39. The lowest BCUT2D eigenvalue weighted by atomic mass is 9.98. The van der Waals surface area contributed by atoms with Gasteiger partial charge in [-0.15, -0.1) is 13.2 Å². The van der Waals surface area contributed by atoms with Crippen molar-refractivity contribution in [2.75, 3.05) is 37.6 Å². The fourth-order valence-electron chi connectivity index (χ4n) is 5.59. The van der Waals surface area contributed by atoms with E-state index in [0.717, 1.165) is 81.3 Å². The molecule has 3 aromatic rings. The summed E-state index contributed by atoms with van der Waals surface area (Å²) in [4.78, 5) is 19.4. The van der Waals surface area contributed by atoms with Gasteiger partial charge in [-0.2, -0.15) is 0 Å². The van der Waals surface area contributed by atoms with Crippen LogP contribution in [0.1, 0.15) is 31.7 Å². The molecule has 2 saturated heterocycles. The van der Waals surface area contributed by atoms with E-state index in [9.17, 15) is 13.2 Å². The first-order valence-corrected chi connectivity index (χ1v) is 13.4. The quantitative estimate of drug-likeness (QED) is 0.415. The second-order valence-corrected chi connectivity index (χ2v) is 10.3. The molecule has 0 radical (unpaired) electrons. The summed E-state index contributed by atoms with van der Waals surface area (Å²) < 4.78 is 41.2. The summed E-state index contributed by atoms with van der Waals surface area (Å²) in [5.41, 5.74) is 1.85. The number of rotatable bonds is 7. The first-order chi connectivity index (χ1) is 18.3. The number of hydrogen-bond donors (Lipinski definition) is 1. The van der Waals surface area contributed by atoms with E-state index in [1.165, 1.54) is 12.1 Å². The number of nitrogens with zero attached hydrogens (tertiary/aromatic N) is 5. The summed E-state index contributed by atoms with van der Waals surface area (Å²) >= 11 is 6.65. The van der Waals surface area contributed by atoms with Crippen molar-refractivity contribution in [3.8, 4) is 17.1 Å². The van der Waals surface area contributed by atoms with Gasteiger partial charge in [-0.3, -0.25) is 9.80 Å². The monoisotopic (exact) mass is 548 g/mol. The second kappa shape index (κ2) is 11.5. The largest absolute Gasteiger partial charge is 0.573 e. The van der Waals surface area contributed by atoms with Crippen LogP contribution in [0.3, 0.4) is 0 Å². The minimum atomic E-state index is -4.67. The van der Waals surface area contributed by atoms with Crippen molar-refractivity contribution in [1.29, 1.82) is 0 Å². The van der Waals surface area contributed by atoms with Crippen molar-refractivity contribution in [3.05, 3.63) is 59.5 Å². The molecule has 4 heterocycles. The highest BCUT2D eigenvalue weighted by molar-refractivity contribution is 6.33. The minimum Gasteiger partial charge on any atom is -0.406 e. The number of alkyl halides is 3. The predicted molar refractivity (Wildman–Crippen MR) is 141 cm³/mol. The van der Waals surface area contributed by atoms with Gasteiger partial charge in [0.1, 0.15) is 17.4 Å². The molecule has 0 spiro atoms. The average molecular weight is 549 g/mol. The molecule has 2 aromatic heterocycles. The third kappa shape index (κ3) is 6.42. The molecule has 0 unspecified atom stereocenters. The van der Waals surface area contributed by atoms with Gasteiger partial charge in [-0.25, -0.2) is 9.97 Å². The van der Waals surface area contributed by atoms with Gasteiger partial charge in [0.25, 0.3) is 0 Å². The number of benzene rings is 1. The molecule has 0 aliphatic carbocycles. The fraction of sp³-hybridized carbons (Fsp3) is 0.481. The zero-order valence-corrected chi connectivity index (χ0v) is 22.0. The number of ether oxygens (including phenoxy) is 1. The first kappa shape index (κ1) is 26.8. The number of piperazine rings is 1. The molecule has 11 heteroatoms. The lowest BCUT2D eigenvalue weighted by molar-refractivity contribution is -0.274. The van der Waals surface area contributed by atoms with Gasteiger partial charge in [0.2, 0.25) is 0 Å². The maximum Gasteiger partial charge on any atom is 0.573 e. The highest BCUT2D eigenvalue weighted by Gasteiger charge is 2.34. The number of piperidine rings is 1. The molecule has 0 amide bonds. The minimum absolute atomic E-state index is 0.185. The van der Waals surface area contributed by atoms with Gasteiger partial charge >= 0.3 is 6.36 Å². The van der Waals surface area contributed by atoms with Gasteiger partial charge in [0, 0.05) is 62.4 Å².